The van der Waals surface area contributed by atoms with Crippen LogP contribution < -0.4 is 10.1 Å². The first-order valence-corrected chi connectivity index (χ1v) is 7.98. The van der Waals surface area contributed by atoms with Crippen LogP contribution in [0.1, 0.15) is 40.0 Å². The first-order valence-electron chi connectivity index (χ1n) is 7.60. The van der Waals surface area contributed by atoms with Crippen LogP contribution in [0.4, 0.5) is 5.95 Å². The van der Waals surface area contributed by atoms with Crippen molar-refractivity contribution in [3.63, 3.8) is 0 Å². The second-order valence-corrected chi connectivity index (χ2v) is 6.04. The average Bonchev–Trinajstić information content (AvgIpc) is 2.44. The number of hydrogen-bond donors (Lipinski definition) is 1. The van der Waals surface area contributed by atoms with Gasteiger partial charge in [0.2, 0.25) is 11.2 Å². The zero-order valence-corrected chi connectivity index (χ0v) is 13.7. The standard InChI is InChI=1S/C14H24ClN5O/c1-10(2)21-14-18-12(15)17-13(19-14)16-9-11(3)20-7-5-4-6-8-20/h10-11H,4-9H2,1-3H3,(H,16,17,18,19). The van der Waals surface area contributed by atoms with Crippen molar-refractivity contribution in [1.82, 2.24) is 19.9 Å². The first-order chi connectivity index (χ1) is 10.0. The third kappa shape index (κ3) is 5.28. The van der Waals surface area contributed by atoms with Crippen molar-refractivity contribution >= 4 is 17.5 Å². The molecule has 6 nitrogen and oxygen atoms in total. The summed E-state index contributed by atoms with van der Waals surface area (Å²) in [5.41, 5.74) is 0. The SMILES string of the molecule is CC(C)Oc1nc(Cl)nc(NCC(C)N2CCCCC2)n1. The van der Waals surface area contributed by atoms with Crippen molar-refractivity contribution in [2.45, 2.75) is 52.2 Å². The molecular weight excluding hydrogens is 290 g/mol. The summed E-state index contributed by atoms with van der Waals surface area (Å²) in [5.74, 6) is 0.467. The molecule has 0 spiro atoms. The van der Waals surface area contributed by atoms with Gasteiger partial charge in [-0.1, -0.05) is 6.42 Å². The number of aromatic nitrogens is 3. The predicted octanol–water partition coefficient (Wildman–Crippen LogP) is 2.60. The number of nitrogens with one attached hydrogen (secondary N) is 1. The van der Waals surface area contributed by atoms with Crippen molar-refractivity contribution in [2.75, 3.05) is 25.0 Å². The Balaban J connectivity index is 1.91. The Labute approximate surface area is 131 Å². The maximum Gasteiger partial charge on any atom is 0.322 e. The first kappa shape index (κ1) is 16.2. The van der Waals surface area contributed by atoms with E-state index in [1.807, 2.05) is 13.8 Å². The molecule has 0 radical (unpaired) electrons. The topological polar surface area (TPSA) is 63.2 Å². The number of nitrogens with zero attached hydrogens (tertiary/aromatic N) is 4. The lowest BCUT2D eigenvalue weighted by atomic mass is 10.1. The molecule has 2 rings (SSSR count). The lowest BCUT2D eigenvalue weighted by Gasteiger charge is -2.32. The van der Waals surface area contributed by atoms with E-state index in [2.05, 4.69) is 32.1 Å². The molecule has 0 amide bonds. The van der Waals surface area contributed by atoms with Gasteiger partial charge in [-0.15, -0.1) is 0 Å². The molecule has 1 unspecified atom stereocenters. The second-order valence-electron chi connectivity index (χ2n) is 5.70. The fourth-order valence-corrected chi connectivity index (χ4v) is 2.55. The smallest absolute Gasteiger partial charge is 0.322 e. The Hall–Kier alpha value is -1.14. The van der Waals surface area contributed by atoms with E-state index in [4.69, 9.17) is 16.3 Å². The van der Waals surface area contributed by atoms with E-state index >= 15 is 0 Å². The summed E-state index contributed by atoms with van der Waals surface area (Å²) in [7, 11) is 0. The van der Waals surface area contributed by atoms with Crippen LogP contribution >= 0.6 is 11.6 Å². The molecule has 1 atom stereocenters. The van der Waals surface area contributed by atoms with Gasteiger partial charge < -0.3 is 10.1 Å². The zero-order valence-electron chi connectivity index (χ0n) is 13.0. The van der Waals surface area contributed by atoms with Gasteiger partial charge in [-0.25, -0.2) is 0 Å². The summed E-state index contributed by atoms with van der Waals surface area (Å²) in [6, 6.07) is 0.702. The largest absolute Gasteiger partial charge is 0.461 e. The normalized spacial score (nSPS) is 17.8. The van der Waals surface area contributed by atoms with E-state index in [0.29, 0.717) is 12.0 Å². The number of rotatable bonds is 6. The van der Waals surface area contributed by atoms with Gasteiger partial charge in [0.05, 0.1) is 6.10 Å². The van der Waals surface area contributed by atoms with Crippen LogP contribution in [0.3, 0.4) is 0 Å². The highest BCUT2D eigenvalue weighted by Gasteiger charge is 2.17. The second kappa shape index (κ2) is 7.75. The minimum atomic E-state index is 0.00332. The maximum absolute atomic E-state index is 5.90. The van der Waals surface area contributed by atoms with Crippen molar-refractivity contribution in [3.8, 4) is 6.01 Å². The van der Waals surface area contributed by atoms with E-state index < -0.39 is 0 Å². The monoisotopic (exact) mass is 313 g/mol. The van der Waals surface area contributed by atoms with Crippen LogP contribution in [0.15, 0.2) is 0 Å². The highest BCUT2D eigenvalue weighted by atomic mass is 35.5. The van der Waals surface area contributed by atoms with Crippen molar-refractivity contribution < 1.29 is 4.74 Å². The minimum Gasteiger partial charge on any atom is -0.461 e. The Morgan fingerprint density at radius 1 is 1.14 bits per heavy atom. The summed E-state index contributed by atoms with van der Waals surface area (Å²) in [6.45, 7) is 9.17. The van der Waals surface area contributed by atoms with E-state index in [9.17, 15) is 0 Å². The number of piperidine rings is 1. The van der Waals surface area contributed by atoms with Crippen LogP contribution in [0, 0.1) is 0 Å². The molecule has 21 heavy (non-hydrogen) atoms. The molecule has 2 heterocycles. The van der Waals surface area contributed by atoms with Crippen LogP contribution in [0.25, 0.3) is 0 Å². The molecule has 7 heteroatoms. The van der Waals surface area contributed by atoms with Crippen LogP contribution in [0.2, 0.25) is 5.28 Å². The van der Waals surface area contributed by atoms with Gasteiger partial charge in [0.25, 0.3) is 0 Å². The fourth-order valence-electron chi connectivity index (χ4n) is 2.40. The summed E-state index contributed by atoms with van der Waals surface area (Å²) >= 11 is 5.90. The number of halogens is 1. The van der Waals surface area contributed by atoms with Gasteiger partial charge >= 0.3 is 6.01 Å². The summed E-state index contributed by atoms with van der Waals surface area (Å²) in [5, 5.41) is 3.37. The molecule has 0 saturated carbocycles. The molecule has 0 aliphatic carbocycles. The molecule has 1 aliphatic rings. The van der Waals surface area contributed by atoms with Crippen LogP contribution in [-0.4, -0.2) is 51.6 Å². The average molecular weight is 314 g/mol. The van der Waals surface area contributed by atoms with Gasteiger partial charge in [0.15, 0.2) is 0 Å². The van der Waals surface area contributed by atoms with Crippen molar-refractivity contribution in [2.24, 2.45) is 0 Å². The molecule has 1 aromatic heterocycles. The van der Waals surface area contributed by atoms with Gasteiger partial charge in [-0.3, -0.25) is 4.90 Å². The molecular formula is C14H24ClN5O. The number of ether oxygens (including phenoxy) is 1. The Morgan fingerprint density at radius 2 is 1.86 bits per heavy atom. The Kier molecular flexibility index (Phi) is 5.99. The zero-order chi connectivity index (χ0) is 15.2. The van der Waals surface area contributed by atoms with Crippen molar-refractivity contribution in [1.29, 1.82) is 0 Å². The third-order valence-corrected chi connectivity index (χ3v) is 3.67. The number of anilines is 1. The molecule has 1 saturated heterocycles. The molecule has 1 aliphatic heterocycles. The fraction of sp³-hybridized carbons (Fsp3) is 0.786. The van der Waals surface area contributed by atoms with E-state index in [1.165, 1.54) is 32.4 Å². The summed E-state index contributed by atoms with van der Waals surface area (Å²) in [6.07, 6.45) is 3.92. The summed E-state index contributed by atoms with van der Waals surface area (Å²) < 4.78 is 5.46. The molecule has 1 fully saturated rings. The number of likely N-dealkylation sites (tertiary alicyclic amines) is 1. The lowest BCUT2D eigenvalue weighted by Crippen LogP contribution is -2.41. The van der Waals surface area contributed by atoms with Crippen molar-refractivity contribution in [3.05, 3.63) is 5.28 Å². The minimum absolute atomic E-state index is 0.00332. The van der Waals surface area contributed by atoms with Gasteiger partial charge in [-0.05, 0) is 58.3 Å². The van der Waals surface area contributed by atoms with Crippen LogP contribution in [-0.2, 0) is 0 Å². The van der Waals surface area contributed by atoms with Gasteiger partial charge in [-0.2, -0.15) is 15.0 Å². The number of hydrogen-bond acceptors (Lipinski definition) is 6. The third-order valence-electron chi connectivity index (χ3n) is 3.50. The molecule has 1 N–H and O–H groups in total. The highest BCUT2D eigenvalue weighted by molar-refractivity contribution is 6.28. The molecule has 118 valence electrons. The maximum atomic E-state index is 5.90. The quantitative estimate of drug-likeness (QED) is 0.871. The molecule has 0 aromatic carbocycles. The predicted molar refractivity (Wildman–Crippen MR) is 84.0 cm³/mol. The Morgan fingerprint density at radius 3 is 2.52 bits per heavy atom. The molecule has 0 bridgehead atoms. The summed E-state index contributed by atoms with van der Waals surface area (Å²) in [4.78, 5) is 14.8. The van der Waals surface area contributed by atoms with E-state index in [1.54, 1.807) is 0 Å². The van der Waals surface area contributed by atoms with Crippen LogP contribution in [0.5, 0.6) is 6.01 Å². The highest BCUT2D eigenvalue weighted by Crippen LogP contribution is 2.15. The van der Waals surface area contributed by atoms with Gasteiger partial charge in [0.1, 0.15) is 0 Å². The Bertz CT molecular complexity index is 451. The van der Waals surface area contributed by atoms with Gasteiger partial charge in [0, 0.05) is 12.6 Å². The lowest BCUT2D eigenvalue weighted by molar-refractivity contribution is 0.180. The molecule has 1 aromatic rings. The van der Waals surface area contributed by atoms with E-state index in [0.717, 1.165) is 6.54 Å². The van der Waals surface area contributed by atoms with E-state index in [-0.39, 0.29) is 17.4 Å².